The van der Waals surface area contributed by atoms with Crippen molar-refractivity contribution in [3.8, 4) is 5.75 Å². The number of carbonyl (C=O) groups excluding carboxylic acids is 1. The zero-order valence-electron chi connectivity index (χ0n) is 21.7. The first-order valence-electron chi connectivity index (χ1n) is 13.1. The number of fused-ring (bicyclic) bond motifs is 3. The Labute approximate surface area is 217 Å². The first-order valence-corrected chi connectivity index (χ1v) is 13.1. The van der Waals surface area contributed by atoms with Gasteiger partial charge >= 0.3 is 0 Å². The molecule has 6 nitrogen and oxygen atoms in total. The van der Waals surface area contributed by atoms with Gasteiger partial charge in [0, 0.05) is 36.0 Å². The average Bonchev–Trinajstić information content (AvgIpc) is 3.19. The average molecular weight is 496 g/mol. The minimum atomic E-state index is -0.121. The fourth-order valence-electron chi connectivity index (χ4n) is 4.98. The molecule has 0 bridgehead atoms. The van der Waals surface area contributed by atoms with Crippen LogP contribution in [0, 0.1) is 0 Å². The Balaban J connectivity index is 1.08. The molecule has 0 radical (unpaired) electrons. The SMILES string of the molecule is CC(C)(C)c1cc(CC(=O)Cc2ccc(C3=CC4C(=N3)Cc3cc(OCC5(N)CC5)ccc34)cc2)no1. The summed E-state index contributed by atoms with van der Waals surface area (Å²) in [5.41, 5.74) is 13.4. The smallest absolute Gasteiger partial charge is 0.143 e. The number of aromatic nitrogens is 1. The molecule has 6 heteroatoms. The Morgan fingerprint density at radius 1 is 1.11 bits per heavy atom. The Morgan fingerprint density at radius 3 is 2.59 bits per heavy atom. The molecule has 0 saturated heterocycles. The van der Waals surface area contributed by atoms with E-state index in [1.54, 1.807) is 0 Å². The van der Waals surface area contributed by atoms with Crippen LogP contribution in [-0.2, 0) is 29.5 Å². The number of ketones is 1. The number of ether oxygens (including phenoxy) is 1. The Kier molecular flexibility index (Phi) is 5.68. The van der Waals surface area contributed by atoms with Crippen molar-refractivity contribution in [2.24, 2.45) is 10.7 Å². The number of Topliss-reactive ketones (excluding diaryl/α,β-unsaturated/α-hetero) is 1. The van der Waals surface area contributed by atoms with Crippen LogP contribution in [-0.4, -0.2) is 28.8 Å². The first kappa shape index (κ1) is 23.9. The summed E-state index contributed by atoms with van der Waals surface area (Å²) in [4.78, 5) is 17.6. The molecule has 1 aliphatic heterocycles. The van der Waals surface area contributed by atoms with Gasteiger partial charge in [-0.3, -0.25) is 9.79 Å². The predicted molar refractivity (Wildman–Crippen MR) is 144 cm³/mol. The van der Waals surface area contributed by atoms with Crippen LogP contribution in [0.3, 0.4) is 0 Å². The van der Waals surface area contributed by atoms with Crippen molar-refractivity contribution in [3.63, 3.8) is 0 Å². The lowest BCUT2D eigenvalue weighted by atomic mass is 9.93. The molecule has 37 heavy (non-hydrogen) atoms. The molecule has 1 unspecified atom stereocenters. The second-order valence-corrected chi connectivity index (χ2v) is 11.8. The van der Waals surface area contributed by atoms with E-state index in [9.17, 15) is 4.79 Å². The second-order valence-electron chi connectivity index (χ2n) is 11.8. The van der Waals surface area contributed by atoms with Gasteiger partial charge in [-0.1, -0.05) is 56.3 Å². The van der Waals surface area contributed by atoms with Crippen molar-refractivity contribution in [1.82, 2.24) is 5.16 Å². The quantitative estimate of drug-likeness (QED) is 0.456. The van der Waals surface area contributed by atoms with Gasteiger partial charge < -0.3 is 15.0 Å². The third-order valence-corrected chi connectivity index (χ3v) is 7.51. The lowest BCUT2D eigenvalue weighted by Crippen LogP contribution is -2.29. The van der Waals surface area contributed by atoms with Crippen molar-refractivity contribution >= 4 is 17.2 Å². The van der Waals surface area contributed by atoms with E-state index in [0.29, 0.717) is 18.7 Å². The molecule has 1 saturated carbocycles. The topological polar surface area (TPSA) is 90.7 Å². The highest BCUT2D eigenvalue weighted by Gasteiger charge is 2.39. The first-order chi connectivity index (χ1) is 17.6. The maximum atomic E-state index is 12.6. The fraction of sp³-hybridized carbons (Fsp3) is 0.387. The Bertz CT molecular complexity index is 1420. The van der Waals surface area contributed by atoms with Gasteiger partial charge in [-0.05, 0) is 53.3 Å². The number of aliphatic imine (C=N–C) groups is 1. The van der Waals surface area contributed by atoms with Crippen LogP contribution in [0.5, 0.6) is 5.75 Å². The summed E-state index contributed by atoms with van der Waals surface area (Å²) in [6.45, 7) is 6.78. The predicted octanol–water partition coefficient (Wildman–Crippen LogP) is 5.33. The van der Waals surface area contributed by atoms with Crippen LogP contribution in [0.2, 0.25) is 0 Å². The number of nitrogens with two attached hydrogens (primary N) is 1. The van der Waals surface area contributed by atoms with E-state index in [1.807, 2.05) is 24.3 Å². The van der Waals surface area contributed by atoms with Crippen molar-refractivity contribution < 1.29 is 14.1 Å². The summed E-state index contributed by atoms with van der Waals surface area (Å²) >= 11 is 0. The Hall–Kier alpha value is -3.51. The van der Waals surface area contributed by atoms with Crippen molar-refractivity contribution in [2.75, 3.05) is 6.61 Å². The number of rotatable bonds is 8. The molecule has 0 spiro atoms. The molecule has 2 aliphatic carbocycles. The minimum Gasteiger partial charge on any atom is -0.492 e. The number of nitrogens with zero attached hydrogens (tertiary/aromatic N) is 2. The number of carbonyl (C=O) groups is 1. The normalized spacial score (nSPS) is 19.2. The van der Waals surface area contributed by atoms with Gasteiger partial charge in [-0.25, -0.2) is 0 Å². The second kappa shape index (κ2) is 8.80. The van der Waals surface area contributed by atoms with Crippen LogP contribution >= 0.6 is 0 Å². The minimum absolute atomic E-state index is 0.118. The molecule has 2 N–H and O–H groups in total. The molecule has 1 atom stereocenters. The van der Waals surface area contributed by atoms with Crippen LogP contribution < -0.4 is 10.5 Å². The summed E-state index contributed by atoms with van der Waals surface area (Å²) in [6, 6.07) is 16.4. The highest BCUT2D eigenvalue weighted by molar-refractivity contribution is 6.05. The summed E-state index contributed by atoms with van der Waals surface area (Å²) in [5, 5.41) is 4.07. The third kappa shape index (κ3) is 5.03. The van der Waals surface area contributed by atoms with Crippen molar-refractivity contribution in [3.05, 3.63) is 88.3 Å². The van der Waals surface area contributed by atoms with Crippen LogP contribution in [0.1, 0.15) is 73.2 Å². The monoisotopic (exact) mass is 495 g/mol. The zero-order valence-corrected chi connectivity index (χ0v) is 21.7. The van der Waals surface area contributed by atoms with E-state index in [2.05, 4.69) is 56.3 Å². The van der Waals surface area contributed by atoms with Gasteiger partial charge in [0.25, 0.3) is 0 Å². The van der Waals surface area contributed by atoms with Crippen molar-refractivity contribution in [1.29, 1.82) is 0 Å². The van der Waals surface area contributed by atoms with Gasteiger partial charge in [0.1, 0.15) is 23.9 Å². The van der Waals surface area contributed by atoms with Gasteiger partial charge in [0.2, 0.25) is 0 Å². The van der Waals surface area contributed by atoms with E-state index >= 15 is 0 Å². The zero-order chi connectivity index (χ0) is 25.8. The highest BCUT2D eigenvalue weighted by Crippen LogP contribution is 2.41. The van der Waals surface area contributed by atoms with E-state index in [1.165, 1.54) is 16.8 Å². The van der Waals surface area contributed by atoms with Gasteiger partial charge in [0.15, 0.2) is 0 Å². The molecule has 2 aromatic carbocycles. The molecule has 1 aromatic heterocycles. The molecule has 3 aliphatic rings. The number of hydrogen-bond acceptors (Lipinski definition) is 6. The number of benzene rings is 2. The molecule has 0 amide bonds. The summed E-state index contributed by atoms with van der Waals surface area (Å²) in [5.74, 6) is 2.04. The molecular weight excluding hydrogens is 462 g/mol. The van der Waals surface area contributed by atoms with E-state index in [0.717, 1.165) is 47.6 Å². The van der Waals surface area contributed by atoms with Crippen LogP contribution in [0.4, 0.5) is 0 Å². The maximum absolute atomic E-state index is 12.6. The van der Waals surface area contributed by atoms with E-state index < -0.39 is 0 Å². The van der Waals surface area contributed by atoms with Crippen LogP contribution in [0.15, 0.2) is 64.1 Å². The van der Waals surface area contributed by atoms with Crippen LogP contribution in [0.25, 0.3) is 5.70 Å². The third-order valence-electron chi connectivity index (χ3n) is 7.51. The van der Waals surface area contributed by atoms with Gasteiger partial charge in [0.05, 0.1) is 23.4 Å². The van der Waals surface area contributed by atoms with Gasteiger partial charge in [-0.2, -0.15) is 0 Å². The molecular formula is C31H33N3O3. The summed E-state index contributed by atoms with van der Waals surface area (Å²) in [7, 11) is 0. The number of hydrogen-bond donors (Lipinski definition) is 1. The largest absolute Gasteiger partial charge is 0.492 e. The van der Waals surface area contributed by atoms with E-state index in [-0.39, 0.29) is 29.1 Å². The lowest BCUT2D eigenvalue weighted by Gasteiger charge is -2.12. The number of allylic oxidation sites excluding steroid dienone is 1. The molecule has 2 heterocycles. The summed E-state index contributed by atoms with van der Waals surface area (Å²) < 4.78 is 11.4. The summed E-state index contributed by atoms with van der Waals surface area (Å²) in [6.07, 6.45) is 5.83. The maximum Gasteiger partial charge on any atom is 0.143 e. The molecule has 1 fully saturated rings. The van der Waals surface area contributed by atoms with E-state index in [4.69, 9.17) is 20.0 Å². The standard InChI is InChI=1S/C31H33N3O3/c1-30(2,3)29-16-22(34-37-29)15-23(35)12-19-4-6-20(7-5-19)27-17-26-25-9-8-24(36-18-31(32)10-11-31)13-21(25)14-28(26)33-27/h4-9,13,16-17,26H,10-12,14-15,18,32H2,1-3H3. The van der Waals surface area contributed by atoms with Gasteiger partial charge in [-0.15, -0.1) is 0 Å². The molecule has 6 rings (SSSR count). The Morgan fingerprint density at radius 2 is 1.89 bits per heavy atom. The lowest BCUT2D eigenvalue weighted by molar-refractivity contribution is -0.117. The molecule has 190 valence electrons. The van der Waals surface area contributed by atoms with Crippen molar-refractivity contribution in [2.45, 2.75) is 69.7 Å². The molecule has 3 aromatic rings. The fourth-order valence-corrected chi connectivity index (χ4v) is 4.98. The highest BCUT2D eigenvalue weighted by atomic mass is 16.5.